The van der Waals surface area contributed by atoms with Gasteiger partial charge in [-0.3, -0.25) is 0 Å². The van der Waals surface area contributed by atoms with Gasteiger partial charge in [0.2, 0.25) is 5.82 Å². The summed E-state index contributed by atoms with van der Waals surface area (Å²) in [7, 11) is 0. The number of aromatic carboxylic acids is 1. The van der Waals surface area contributed by atoms with Crippen LogP contribution in [0.3, 0.4) is 0 Å². The molecule has 0 aliphatic heterocycles. The molecule has 2 rings (SSSR count). The number of carboxylic acid groups (broad SMARTS) is 1. The topological polar surface area (TPSA) is 66.0 Å². The number of para-hydroxylation sites is 1. The highest BCUT2D eigenvalue weighted by atomic mass is 32.1. The third kappa shape index (κ3) is 1.27. The molecule has 4 nitrogen and oxygen atoms in total. The van der Waals surface area contributed by atoms with E-state index in [2.05, 4.69) is 22.6 Å². The van der Waals surface area contributed by atoms with Gasteiger partial charge in [-0.05, 0) is 12.1 Å². The number of rotatable bonds is 1. The molecule has 0 radical (unpaired) electrons. The highest BCUT2D eigenvalue weighted by Gasteiger charge is 2.09. The van der Waals surface area contributed by atoms with Crippen molar-refractivity contribution < 1.29 is 9.90 Å². The van der Waals surface area contributed by atoms with Gasteiger partial charge in [-0.15, -0.1) is 12.6 Å². The first-order valence-corrected chi connectivity index (χ1v) is 4.04. The van der Waals surface area contributed by atoms with Crippen molar-refractivity contribution in [1.29, 1.82) is 0 Å². The van der Waals surface area contributed by atoms with Crippen LogP contribution in [0.2, 0.25) is 0 Å². The summed E-state index contributed by atoms with van der Waals surface area (Å²) >= 11 is 4.16. The van der Waals surface area contributed by atoms with Crippen molar-refractivity contribution in [2.24, 2.45) is 0 Å². The summed E-state index contributed by atoms with van der Waals surface area (Å²) in [6.07, 6.45) is 0. The van der Waals surface area contributed by atoms with Gasteiger partial charge in [0, 0.05) is 4.90 Å². The molecular weight excluding hydrogens is 188 g/mol. The monoisotopic (exact) mass is 194 g/mol. The van der Waals surface area contributed by atoms with E-state index >= 15 is 0 Å². The maximum atomic E-state index is 10.6. The zero-order chi connectivity index (χ0) is 9.42. The lowest BCUT2D eigenvalue weighted by atomic mass is 10.3. The third-order valence-corrected chi connectivity index (χ3v) is 2.05. The largest absolute Gasteiger partial charge is 0.475 e. The fraction of sp³-hybridized carbons (Fsp3) is 0. The Hall–Kier alpha value is -1.49. The van der Waals surface area contributed by atoms with Gasteiger partial charge >= 0.3 is 5.97 Å². The second-order valence-electron chi connectivity index (χ2n) is 2.56. The summed E-state index contributed by atoms with van der Waals surface area (Å²) in [6.45, 7) is 0. The highest BCUT2D eigenvalue weighted by Crippen LogP contribution is 2.19. The van der Waals surface area contributed by atoms with Crippen molar-refractivity contribution in [3.05, 3.63) is 24.0 Å². The number of hydrogen-bond donors (Lipinski definition) is 3. The number of aromatic nitrogens is 2. The summed E-state index contributed by atoms with van der Waals surface area (Å²) < 4.78 is 0. The molecule has 2 N–H and O–H groups in total. The molecule has 0 fully saturated rings. The molecule has 66 valence electrons. The standard InChI is InChI=1S/C8H6N2O2S/c11-8(12)7-9-4-2-1-3-5(13)6(4)10-7/h1-3,13H,(H,9,10)(H,11,12). The number of carboxylic acids is 1. The van der Waals surface area contributed by atoms with Crippen LogP contribution in [0.5, 0.6) is 0 Å². The Bertz CT molecular complexity index is 478. The van der Waals surface area contributed by atoms with Crippen LogP contribution in [-0.4, -0.2) is 21.0 Å². The van der Waals surface area contributed by atoms with Crippen molar-refractivity contribution in [1.82, 2.24) is 9.97 Å². The Morgan fingerprint density at radius 1 is 1.54 bits per heavy atom. The maximum Gasteiger partial charge on any atom is 0.371 e. The first-order valence-electron chi connectivity index (χ1n) is 3.59. The molecule has 0 saturated carbocycles. The third-order valence-electron chi connectivity index (χ3n) is 1.69. The molecule has 0 amide bonds. The summed E-state index contributed by atoms with van der Waals surface area (Å²) in [5.74, 6) is -1.12. The Kier molecular flexibility index (Phi) is 1.73. The fourth-order valence-electron chi connectivity index (χ4n) is 1.12. The van der Waals surface area contributed by atoms with Crippen LogP contribution in [0.25, 0.3) is 11.0 Å². The van der Waals surface area contributed by atoms with E-state index < -0.39 is 5.97 Å². The van der Waals surface area contributed by atoms with Gasteiger partial charge in [-0.1, -0.05) is 6.07 Å². The summed E-state index contributed by atoms with van der Waals surface area (Å²) in [6, 6.07) is 5.31. The van der Waals surface area contributed by atoms with Gasteiger partial charge in [0.25, 0.3) is 0 Å². The van der Waals surface area contributed by atoms with Gasteiger partial charge in [0.15, 0.2) is 0 Å². The molecule has 13 heavy (non-hydrogen) atoms. The molecule has 0 bridgehead atoms. The number of hydrogen-bond acceptors (Lipinski definition) is 3. The zero-order valence-electron chi connectivity index (χ0n) is 6.48. The van der Waals surface area contributed by atoms with Crippen molar-refractivity contribution in [3.63, 3.8) is 0 Å². The van der Waals surface area contributed by atoms with Gasteiger partial charge in [0.1, 0.15) is 5.52 Å². The molecular formula is C8H6N2O2S. The van der Waals surface area contributed by atoms with Crippen LogP contribution in [0.4, 0.5) is 0 Å². The number of nitrogens with one attached hydrogen (secondary N) is 1. The Morgan fingerprint density at radius 3 is 2.92 bits per heavy atom. The van der Waals surface area contributed by atoms with E-state index in [1.165, 1.54) is 0 Å². The number of benzene rings is 1. The number of H-pyrrole nitrogens is 1. The normalized spacial score (nSPS) is 10.5. The number of imidazole rings is 1. The van der Waals surface area contributed by atoms with E-state index in [9.17, 15) is 4.79 Å². The lowest BCUT2D eigenvalue weighted by molar-refractivity contribution is 0.0685. The Balaban J connectivity index is 2.75. The lowest BCUT2D eigenvalue weighted by Crippen LogP contribution is -1.97. The molecule has 0 saturated heterocycles. The van der Waals surface area contributed by atoms with E-state index in [1.54, 1.807) is 18.2 Å². The molecule has 1 aromatic carbocycles. The minimum atomic E-state index is -1.07. The maximum absolute atomic E-state index is 10.6. The molecule has 0 unspecified atom stereocenters. The minimum Gasteiger partial charge on any atom is -0.475 e. The number of thiol groups is 1. The molecule has 1 aromatic heterocycles. The summed E-state index contributed by atoms with van der Waals surface area (Å²) in [5, 5.41) is 8.66. The van der Waals surface area contributed by atoms with Crippen LogP contribution >= 0.6 is 12.6 Å². The van der Waals surface area contributed by atoms with Crippen LogP contribution in [-0.2, 0) is 0 Å². The van der Waals surface area contributed by atoms with Crippen molar-refractivity contribution in [2.75, 3.05) is 0 Å². The van der Waals surface area contributed by atoms with Crippen molar-refractivity contribution >= 4 is 29.6 Å². The Morgan fingerprint density at radius 2 is 2.31 bits per heavy atom. The number of aromatic amines is 1. The smallest absolute Gasteiger partial charge is 0.371 e. The van der Waals surface area contributed by atoms with E-state index in [0.717, 1.165) is 0 Å². The van der Waals surface area contributed by atoms with Crippen molar-refractivity contribution in [3.8, 4) is 0 Å². The van der Waals surface area contributed by atoms with E-state index in [0.29, 0.717) is 15.9 Å². The SMILES string of the molecule is O=C(O)c1nc2c(S)cccc2[nH]1. The van der Waals surface area contributed by atoms with Crippen LogP contribution < -0.4 is 0 Å². The van der Waals surface area contributed by atoms with Crippen molar-refractivity contribution in [2.45, 2.75) is 4.90 Å². The van der Waals surface area contributed by atoms with Gasteiger partial charge in [-0.2, -0.15) is 0 Å². The van der Waals surface area contributed by atoms with Crippen LogP contribution in [0, 0.1) is 0 Å². The average Bonchev–Trinajstić information content (AvgIpc) is 2.49. The van der Waals surface area contributed by atoms with Crippen LogP contribution in [0.1, 0.15) is 10.6 Å². The summed E-state index contributed by atoms with van der Waals surface area (Å²) in [4.78, 5) is 17.8. The number of nitrogens with zero attached hydrogens (tertiary/aromatic N) is 1. The highest BCUT2D eigenvalue weighted by molar-refractivity contribution is 7.80. The molecule has 0 spiro atoms. The molecule has 0 aliphatic carbocycles. The predicted octanol–water partition coefficient (Wildman–Crippen LogP) is 1.55. The van der Waals surface area contributed by atoms with Gasteiger partial charge in [-0.25, -0.2) is 9.78 Å². The van der Waals surface area contributed by atoms with Crippen LogP contribution in [0.15, 0.2) is 23.1 Å². The van der Waals surface area contributed by atoms with E-state index in [1.807, 2.05) is 0 Å². The molecule has 0 atom stereocenters. The first kappa shape index (κ1) is 8.12. The minimum absolute atomic E-state index is 0.0588. The second kappa shape index (κ2) is 2.77. The Labute approximate surface area is 79.0 Å². The second-order valence-corrected chi connectivity index (χ2v) is 3.05. The van der Waals surface area contributed by atoms with E-state index in [-0.39, 0.29) is 5.82 Å². The number of carbonyl (C=O) groups is 1. The van der Waals surface area contributed by atoms with Gasteiger partial charge in [0.05, 0.1) is 5.52 Å². The molecule has 1 heterocycles. The molecule has 2 aromatic rings. The zero-order valence-corrected chi connectivity index (χ0v) is 7.38. The lowest BCUT2D eigenvalue weighted by Gasteiger charge is -1.89. The summed E-state index contributed by atoms with van der Waals surface area (Å²) in [5.41, 5.74) is 1.27. The fourth-order valence-corrected chi connectivity index (χ4v) is 1.37. The first-order chi connectivity index (χ1) is 6.18. The number of fused-ring (bicyclic) bond motifs is 1. The predicted molar refractivity (Wildman–Crippen MR) is 50.3 cm³/mol. The average molecular weight is 194 g/mol. The van der Waals surface area contributed by atoms with E-state index in [4.69, 9.17) is 5.11 Å². The molecule has 0 aliphatic rings. The quantitative estimate of drug-likeness (QED) is 0.603. The molecule has 5 heteroatoms. The van der Waals surface area contributed by atoms with Gasteiger partial charge < -0.3 is 10.1 Å².